The van der Waals surface area contributed by atoms with E-state index in [1.807, 2.05) is 17.8 Å². The van der Waals surface area contributed by atoms with Crippen LogP contribution < -0.4 is 5.32 Å². The molecule has 0 atom stereocenters. The zero-order chi connectivity index (χ0) is 13.2. The summed E-state index contributed by atoms with van der Waals surface area (Å²) in [4.78, 5) is 4.17. The van der Waals surface area contributed by atoms with Crippen molar-refractivity contribution in [3.63, 3.8) is 0 Å². The second-order valence-electron chi connectivity index (χ2n) is 4.93. The van der Waals surface area contributed by atoms with Gasteiger partial charge in [0.25, 0.3) is 0 Å². The SMILES string of the molecule is Cn1ccnc1CNC1CCC(C(F)(F)F)CC1. The summed E-state index contributed by atoms with van der Waals surface area (Å²) in [6, 6.07) is 0.181. The van der Waals surface area contributed by atoms with Gasteiger partial charge in [0, 0.05) is 25.5 Å². The molecule has 1 aromatic rings. The molecule has 0 aromatic carbocycles. The summed E-state index contributed by atoms with van der Waals surface area (Å²) in [5.74, 6) is -0.198. The zero-order valence-corrected chi connectivity index (χ0v) is 10.4. The van der Waals surface area contributed by atoms with Crippen LogP contribution in [0.1, 0.15) is 31.5 Å². The van der Waals surface area contributed by atoms with Crippen molar-refractivity contribution >= 4 is 0 Å². The second kappa shape index (κ2) is 5.30. The number of aryl methyl sites for hydroxylation is 1. The summed E-state index contributed by atoms with van der Waals surface area (Å²) < 4.78 is 39.4. The molecule has 102 valence electrons. The molecule has 0 amide bonds. The van der Waals surface area contributed by atoms with Crippen molar-refractivity contribution in [1.82, 2.24) is 14.9 Å². The smallest absolute Gasteiger partial charge is 0.337 e. The van der Waals surface area contributed by atoms with E-state index in [1.165, 1.54) is 0 Å². The summed E-state index contributed by atoms with van der Waals surface area (Å²) in [7, 11) is 1.91. The third-order valence-electron chi connectivity index (χ3n) is 3.66. The lowest BCUT2D eigenvalue weighted by Crippen LogP contribution is -2.37. The third-order valence-corrected chi connectivity index (χ3v) is 3.66. The van der Waals surface area contributed by atoms with Gasteiger partial charge >= 0.3 is 6.18 Å². The molecule has 0 aliphatic heterocycles. The van der Waals surface area contributed by atoms with Crippen LogP contribution in [0.3, 0.4) is 0 Å². The van der Waals surface area contributed by atoms with E-state index in [0.29, 0.717) is 19.4 Å². The standard InChI is InChI=1S/C12H18F3N3/c1-18-7-6-16-11(18)8-17-10-4-2-9(3-5-10)12(13,14)15/h6-7,9-10,17H,2-5,8H2,1H3. The maximum atomic E-state index is 12.5. The Morgan fingerprint density at radius 2 is 2.00 bits per heavy atom. The molecule has 0 bridgehead atoms. The Labute approximate surface area is 104 Å². The molecule has 1 aliphatic rings. The minimum Gasteiger partial charge on any atom is -0.337 e. The van der Waals surface area contributed by atoms with Gasteiger partial charge in [-0.1, -0.05) is 0 Å². The maximum absolute atomic E-state index is 12.5. The molecule has 1 fully saturated rings. The average molecular weight is 261 g/mol. The lowest BCUT2D eigenvalue weighted by atomic mass is 9.85. The number of imidazole rings is 1. The Morgan fingerprint density at radius 1 is 1.33 bits per heavy atom. The molecule has 6 heteroatoms. The van der Waals surface area contributed by atoms with Gasteiger partial charge in [-0.05, 0) is 25.7 Å². The monoisotopic (exact) mass is 261 g/mol. The van der Waals surface area contributed by atoms with Crippen molar-refractivity contribution in [3.05, 3.63) is 18.2 Å². The van der Waals surface area contributed by atoms with Crippen LogP contribution in [-0.2, 0) is 13.6 Å². The van der Waals surface area contributed by atoms with Gasteiger partial charge in [-0.3, -0.25) is 0 Å². The van der Waals surface area contributed by atoms with Crippen molar-refractivity contribution in [3.8, 4) is 0 Å². The first-order valence-corrected chi connectivity index (χ1v) is 6.23. The first kappa shape index (κ1) is 13.4. The van der Waals surface area contributed by atoms with Crippen molar-refractivity contribution in [2.45, 2.75) is 44.4 Å². The topological polar surface area (TPSA) is 29.9 Å². The molecule has 0 unspecified atom stereocenters. The predicted molar refractivity (Wildman–Crippen MR) is 61.8 cm³/mol. The van der Waals surface area contributed by atoms with Gasteiger partial charge in [-0.25, -0.2) is 4.98 Å². The van der Waals surface area contributed by atoms with Crippen molar-refractivity contribution in [2.75, 3.05) is 0 Å². The summed E-state index contributed by atoms with van der Waals surface area (Å²) in [5, 5.41) is 3.29. The quantitative estimate of drug-likeness (QED) is 0.906. The van der Waals surface area contributed by atoms with E-state index >= 15 is 0 Å². The van der Waals surface area contributed by atoms with Gasteiger partial charge < -0.3 is 9.88 Å². The van der Waals surface area contributed by atoms with Crippen molar-refractivity contribution in [1.29, 1.82) is 0 Å². The Kier molecular flexibility index (Phi) is 3.94. The van der Waals surface area contributed by atoms with Gasteiger partial charge in [0.2, 0.25) is 0 Å². The lowest BCUT2D eigenvalue weighted by Gasteiger charge is -2.30. The number of halogens is 3. The van der Waals surface area contributed by atoms with Crippen LogP contribution in [-0.4, -0.2) is 21.8 Å². The minimum absolute atomic E-state index is 0.181. The molecular weight excluding hydrogens is 243 g/mol. The highest BCUT2D eigenvalue weighted by molar-refractivity contribution is 4.91. The minimum atomic E-state index is -4.02. The Bertz CT molecular complexity index is 378. The van der Waals surface area contributed by atoms with E-state index < -0.39 is 12.1 Å². The molecule has 0 saturated heterocycles. The van der Waals surface area contributed by atoms with Crippen LogP contribution in [0.25, 0.3) is 0 Å². The molecule has 0 spiro atoms. The van der Waals surface area contributed by atoms with Crippen LogP contribution in [0, 0.1) is 5.92 Å². The number of nitrogens with one attached hydrogen (secondary N) is 1. The van der Waals surface area contributed by atoms with Crippen LogP contribution in [0.4, 0.5) is 13.2 Å². The van der Waals surface area contributed by atoms with E-state index in [0.717, 1.165) is 5.82 Å². The maximum Gasteiger partial charge on any atom is 0.391 e. The van der Waals surface area contributed by atoms with Gasteiger partial charge in [0.15, 0.2) is 0 Å². The normalized spacial score (nSPS) is 25.3. The van der Waals surface area contributed by atoms with E-state index in [9.17, 15) is 13.2 Å². The van der Waals surface area contributed by atoms with Gasteiger partial charge in [-0.2, -0.15) is 13.2 Å². The molecule has 1 heterocycles. The lowest BCUT2D eigenvalue weighted by molar-refractivity contribution is -0.182. The summed E-state index contributed by atoms with van der Waals surface area (Å²) in [6.07, 6.45) is 1.21. The first-order chi connectivity index (χ1) is 8.47. The summed E-state index contributed by atoms with van der Waals surface area (Å²) in [5.41, 5.74) is 0. The van der Waals surface area contributed by atoms with Gasteiger partial charge in [0.05, 0.1) is 12.5 Å². The number of alkyl halides is 3. The molecule has 1 aliphatic carbocycles. The Balaban J connectivity index is 1.76. The van der Waals surface area contributed by atoms with Crippen molar-refractivity contribution in [2.24, 2.45) is 13.0 Å². The molecule has 2 rings (SSSR count). The third kappa shape index (κ3) is 3.25. The molecule has 1 saturated carbocycles. The van der Waals surface area contributed by atoms with Crippen LogP contribution in [0.2, 0.25) is 0 Å². The van der Waals surface area contributed by atoms with E-state index in [-0.39, 0.29) is 18.9 Å². The largest absolute Gasteiger partial charge is 0.391 e. The van der Waals surface area contributed by atoms with Crippen LogP contribution in [0.5, 0.6) is 0 Å². The second-order valence-corrected chi connectivity index (χ2v) is 4.93. The number of nitrogens with zero attached hydrogens (tertiary/aromatic N) is 2. The molecule has 1 N–H and O–H groups in total. The number of aromatic nitrogens is 2. The molecular formula is C12H18F3N3. The van der Waals surface area contributed by atoms with Crippen molar-refractivity contribution < 1.29 is 13.2 Å². The van der Waals surface area contributed by atoms with Crippen LogP contribution in [0.15, 0.2) is 12.4 Å². The predicted octanol–water partition coefficient (Wildman–Crippen LogP) is 2.63. The number of hydrogen-bond donors (Lipinski definition) is 1. The fourth-order valence-corrected chi connectivity index (χ4v) is 2.43. The molecule has 3 nitrogen and oxygen atoms in total. The molecule has 18 heavy (non-hydrogen) atoms. The highest BCUT2D eigenvalue weighted by Crippen LogP contribution is 2.37. The molecule has 1 aromatic heterocycles. The number of rotatable bonds is 3. The highest BCUT2D eigenvalue weighted by Gasteiger charge is 2.41. The zero-order valence-electron chi connectivity index (χ0n) is 10.4. The average Bonchev–Trinajstić information content (AvgIpc) is 2.72. The molecule has 0 radical (unpaired) electrons. The fourth-order valence-electron chi connectivity index (χ4n) is 2.43. The van der Waals surface area contributed by atoms with E-state index in [1.54, 1.807) is 6.20 Å². The summed E-state index contributed by atoms with van der Waals surface area (Å²) in [6.45, 7) is 0.616. The van der Waals surface area contributed by atoms with E-state index in [4.69, 9.17) is 0 Å². The highest BCUT2D eigenvalue weighted by atomic mass is 19.4. The fraction of sp³-hybridized carbons (Fsp3) is 0.750. The first-order valence-electron chi connectivity index (χ1n) is 6.23. The van der Waals surface area contributed by atoms with Crippen LogP contribution >= 0.6 is 0 Å². The van der Waals surface area contributed by atoms with Gasteiger partial charge in [-0.15, -0.1) is 0 Å². The van der Waals surface area contributed by atoms with Gasteiger partial charge in [0.1, 0.15) is 5.82 Å². The Hall–Kier alpha value is -1.04. The number of hydrogen-bond acceptors (Lipinski definition) is 2. The van der Waals surface area contributed by atoms with E-state index in [2.05, 4.69) is 10.3 Å². The Morgan fingerprint density at radius 3 is 2.50 bits per heavy atom. The summed E-state index contributed by atoms with van der Waals surface area (Å²) >= 11 is 0.